The van der Waals surface area contributed by atoms with Crippen molar-refractivity contribution in [2.45, 2.75) is 6.92 Å². The second-order valence-electron chi connectivity index (χ2n) is 11.2. The van der Waals surface area contributed by atoms with Gasteiger partial charge in [0.2, 0.25) is 0 Å². The van der Waals surface area contributed by atoms with E-state index < -0.39 is 5.91 Å². The molecule has 0 saturated carbocycles. The summed E-state index contributed by atoms with van der Waals surface area (Å²) in [5, 5.41) is 6.73. The van der Waals surface area contributed by atoms with E-state index in [1.54, 1.807) is 6.07 Å². The molecule has 9 nitrogen and oxygen atoms in total. The fraction of sp³-hybridized carbons (Fsp3) is 0.176. The van der Waals surface area contributed by atoms with Gasteiger partial charge in [0.1, 0.15) is 12.1 Å². The van der Waals surface area contributed by atoms with Crippen molar-refractivity contribution >= 4 is 67.6 Å². The van der Waals surface area contributed by atoms with E-state index in [0.29, 0.717) is 40.6 Å². The molecule has 1 aliphatic rings. The Bertz CT molecular complexity index is 2110. The van der Waals surface area contributed by atoms with E-state index in [4.69, 9.17) is 17.3 Å². The first-order chi connectivity index (χ1) is 21.3. The molecule has 2 aromatic heterocycles. The molecule has 1 saturated heterocycles. The number of aromatic amines is 1. The number of carbonyl (C=O) groups excluding carboxylic acids is 2. The molecule has 0 bridgehead atoms. The van der Waals surface area contributed by atoms with Gasteiger partial charge in [0.25, 0.3) is 11.8 Å². The number of aromatic nitrogens is 3. The zero-order valence-electron chi connectivity index (χ0n) is 24.3. The molecule has 0 unspecified atom stereocenters. The van der Waals surface area contributed by atoms with E-state index in [1.165, 1.54) is 6.33 Å². The molecule has 3 heterocycles. The molecule has 4 aromatic carbocycles. The Morgan fingerprint density at radius 1 is 0.932 bits per heavy atom. The Morgan fingerprint density at radius 2 is 1.73 bits per heavy atom. The molecule has 0 aliphatic carbocycles. The molecule has 1 fully saturated rings. The molecule has 0 spiro atoms. The van der Waals surface area contributed by atoms with Crippen LogP contribution >= 0.6 is 11.6 Å². The highest BCUT2D eigenvalue weighted by Gasteiger charge is 2.23. The quantitative estimate of drug-likeness (QED) is 0.218. The van der Waals surface area contributed by atoms with Crippen molar-refractivity contribution in [1.29, 1.82) is 0 Å². The third kappa shape index (κ3) is 4.80. The van der Waals surface area contributed by atoms with E-state index in [0.717, 1.165) is 62.7 Å². The number of anilines is 2. The standard InChI is InChI=1S/C34H30ClN7O2/c1-19-22(4-3-5-27(19)40-33-25-9-7-21(35)17-28(25)37-18-38-33)23-10-11-26(32(36)43)31-30(23)24-8-6-20(16-29(24)39-31)34(44)42-14-12-41(2)13-15-42/h3-11,16-18,39H,12-15H2,1-2H3,(H2,36,43)(H,37,38,40). The van der Waals surface area contributed by atoms with Gasteiger partial charge in [-0.2, -0.15) is 0 Å². The average Bonchev–Trinajstić information content (AvgIpc) is 3.40. The molecule has 1 aliphatic heterocycles. The maximum atomic E-state index is 13.4. The van der Waals surface area contributed by atoms with Gasteiger partial charge in [0.05, 0.1) is 16.6 Å². The summed E-state index contributed by atoms with van der Waals surface area (Å²) in [5.41, 5.74) is 12.8. The minimum absolute atomic E-state index is 0.00291. The number of piperazine rings is 1. The topological polar surface area (TPSA) is 120 Å². The summed E-state index contributed by atoms with van der Waals surface area (Å²) in [6.45, 7) is 5.13. The van der Waals surface area contributed by atoms with Crippen LogP contribution in [0.4, 0.5) is 11.5 Å². The van der Waals surface area contributed by atoms with Crippen LogP contribution in [0.1, 0.15) is 26.3 Å². The van der Waals surface area contributed by atoms with Crippen LogP contribution < -0.4 is 11.1 Å². The fourth-order valence-electron chi connectivity index (χ4n) is 6.09. The van der Waals surface area contributed by atoms with Crippen LogP contribution in [-0.2, 0) is 0 Å². The van der Waals surface area contributed by atoms with Crippen molar-refractivity contribution in [3.05, 3.63) is 94.8 Å². The molecular weight excluding hydrogens is 574 g/mol. The first-order valence-corrected chi connectivity index (χ1v) is 14.8. The summed E-state index contributed by atoms with van der Waals surface area (Å²) in [7, 11) is 2.06. The van der Waals surface area contributed by atoms with Crippen molar-refractivity contribution in [3.63, 3.8) is 0 Å². The lowest BCUT2D eigenvalue weighted by Gasteiger charge is -2.32. The number of rotatable bonds is 5. The van der Waals surface area contributed by atoms with E-state index in [-0.39, 0.29) is 5.91 Å². The first kappa shape index (κ1) is 27.8. The molecule has 6 aromatic rings. The van der Waals surface area contributed by atoms with Crippen LogP contribution in [0, 0.1) is 6.92 Å². The van der Waals surface area contributed by atoms with Crippen molar-refractivity contribution in [2.75, 3.05) is 38.5 Å². The summed E-state index contributed by atoms with van der Waals surface area (Å²) in [6, 6.07) is 21.0. The number of amides is 2. The number of carbonyl (C=O) groups is 2. The van der Waals surface area contributed by atoms with Gasteiger partial charge in [-0.05, 0) is 73.1 Å². The number of halogens is 1. The lowest BCUT2D eigenvalue weighted by Crippen LogP contribution is -2.47. The predicted octanol–water partition coefficient (Wildman–Crippen LogP) is 6.12. The van der Waals surface area contributed by atoms with Gasteiger partial charge in [-0.25, -0.2) is 9.97 Å². The number of primary amides is 1. The molecular formula is C34H30ClN7O2. The zero-order chi connectivity index (χ0) is 30.5. The van der Waals surface area contributed by atoms with Crippen molar-refractivity contribution in [1.82, 2.24) is 24.8 Å². The second-order valence-corrected chi connectivity index (χ2v) is 11.7. The Kier molecular flexibility index (Phi) is 6.91. The van der Waals surface area contributed by atoms with Crippen LogP contribution in [0.3, 0.4) is 0 Å². The monoisotopic (exact) mass is 603 g/mol. The third-order valence-corrected chi connectivity index (χ3v) is 8.77. The highest BCUT2D eigenvalue weighted by molar-refractivity contribution is 6.31. The number of H-pyrrole nitrogens is 1. The summed E-state index contributed by atoms with van der Waals surface area (Å²) in [6.07, 6.45) is 1.51. The minimum Gasteiger partial charge on any atom is -0.366 e. The number of fused-ring (bicyclic) bond motifs is 4. The van der Waals surface area contributed by atoms with Crippen LogP contribution in [-0.4, -0.2) is 69.8 Å². The summed E-state index contributed by atoms with van der Waals surface area (Å²) in [5.74, 6) is 0.152. The molecule has 10 heteroatoms. The van der Waals surface area contributed by atoms with Gasteiger partial charge < -0.3 is 25.8 Å². The van der Waals surface area contributed by atoms with Gasteiger partial charge in [0, 0.05) is 64.1 Å². The highest BCUT2D eigenvalue weighted by atomic mass is 35.5. The number of nitrogens with one attached hydrogen (secondary N) is 2. The van der Waals surface area contributed by atoms with Crippen molar-refractivity contribution < 1.29 is 9.59 Å². The average molecular weight is 604 g/mol. The van der Waals surface area contributed by atoms with Gasteiger partial charge in [-0.15, -0.1) is 0 Å². The first-order valence-electron chi connectivity index (χ1n) is 14.4. The van der Waals surface area contributed by atoms with Crippen LogP contribution in [0.5, 0.6) is 0 Å². The predicted molar refractivity (Wildman–Crippen MR) is 176 cm³/mol. The Morgan fingerprint density at radius 3 is 2.52 bits per heavy atom. The fourth-order valence-corrected chi connectivity index (χ4v) is 6.25. The Hall–Kier alpha value is -4.99. The van der Waals surface area contributed by atoms with Crippen LogP contribution in [0.15, 0.2) is 73.1 Å². The minimum atomic E-state index is -0.523. The molecule has 2 amide bonds. The second kappa shape index (κ2) is 10.9. The summed E-state index contributed by atoms with van der Waals surface area (Å²) in [4.78, 5) is 42.2. The van der Waals surface area contributed by atoms with Crippen LogP contribution in [0.2, 0.25) is 5.02 Å². The Labute approximate surface area is 258 Å². The number of hydrogen-bond donors (Lipinski definition) is 3. The molecule has 0 radical (unpaired) electrons. The normalized spacial score (nSPS) is 14.0. The van der Waals surface area contributed by atoms with E-state index in [1.807, 2.05) is 66.4 Å². The van der Waals surface area contributed by atoms with Crippen LogP contribution in [0.25, 0.3) is 43.8 Å². The number of nitrogens with two attached hydrogens (primary N) is 1. The molecule has 44 heavy (non-hydrogen) atoms. The Balaban J connectivity index is 1.33. The maximum absolute atomic E-state index is 13.4. The molecule has 220 valence electrons. The summed E-state index contributed by atoms with van der Waals surface area (Å²) >= 11 is 6.19. The smallest absolute Gasteiger partial charge is 0.254 e. The van der Waals surface area contributed by atoms with Gasteiger partial charge in [-0.3, -0.25) is 9.59 Å². The van der Waals surface area contributed by atoms with Gasteiger partial charge >= 0.3 is 0 Å². The molecule has 4 N–H and O–H groups in total. The molecule has 7 rings (SSSR count). The highest BCUT2D eigenvalue weighted by Crippen LogP contribution is 2.40. The van der Waals surface area contributed by atoms with Crippen molar-refractivity contribution in [2.24, 2.45) is 5.73 Å². The van der Waals surface area contributed by atoms with Crippen molar-refractivity contribution in [3.8, 4) is 11.1 Å². The third-order valence-electron chi connectivity index (χ3n) is 8.53. The van der Waals surface area contributed by atoms with Gasteiger partial charge in [-0.1, -0.05) is 35.9 Å². The van der Waals surface area contributed by atoms with E-state index in [9.17, 15) is 9.59 Å². The number of nitrogens with zero attached hydrogens (tertiary/aromatic N) is 4. The SMILES string of the molecule is Cc1c(Nc2ncnc3cc(Cl)ccc23)cccc1-c1ccc(C(N)=O)c2[nH]c3cc(C(=O)N4CCN(C)CC4)ccc3c12. The summed E-state index contributed by atoms with van der Waals surface area (Å²) < 4.78 is 0. The zero-order valence-corrected chi connectivity index (χ0v) is 25.1. The lowest BCUT2D eigenvalue weighted by molar-refractivity contribution is 0.0664. The molecule has 0 atom stereocenters. The maximum Gasteiger partial charge on any atom is 0.254 e. The lowest BCUT2D eigenvalue weighted by atomic mass is 9.93. The van der Waals surface area contributed by atoms with Gasteiger partial charge in [0.15, 0.2) is 0 Å². The largest absolute Gasteiger partial charge is 0.366 e. The van der Waals surface area contributed by atoms with E-state index in [2.05, 4.69) is 38.3 Å². The number of benzene rings is 4. The van der Waals surface area contributed by atoms with E-state index >= 15 is 0 Å². The number of likely N-dealkylation sites (N-methyl/N-ethyl adjacent to an activating group) is 1. The number of hydrogen-bond acceptors (Lipinski definition) is 6.